The summed E-state index contributed by atoms with van der Waals surface area (Å²) in [5.41, 5.74) is 15.8. The van der Waals surface area contributed by atoms with Gasteiger partial charge < -0.3 is 22.1 Å². The first-order valence-corrected chi connectivity index (χ1v) is 5.67. The van der Waals surface area contributed by atoms with Crippen LogP contribution in [0.25, 0.3) is 0 Å². The zero-order chi connectivity index (χ0) is 14.7. The number of hydrogen-bond donors (Lipinski definition) is 3. The minimum atomic E-state index is -0.762. The van der Waals surface area contributed by atoms with Crippen molar-refractivity contribution in [2.24, 2.45) is 11.5 Å². The predicted octanol–water partition coefficient (Wildman–Crippen LogP) is 0.207. The molecule has 0 heterocycles. The summed E-state index contributed by atoms with van der Waals surface area (Å²) in [6, 6.07) is 2.05. The molecule has 19 heavy (non-hydrogen) atoms. The molecule has 0 aliphatic rings. The highest BCUT2D eigenvalue weighted by Gasteiger charge is 2.20. The van der Waals surface area contributed by atoms with E-state index in [2.05, 4.69) is 0 Å². The fraction of sp³-hybridized carbons (Fsp3) is 0.333. The van der Waals surface area contributed by atoms with Gasteiger partial charge in [0.2, 0.25) is 5.91 Å². The lowest BCUT2D eigenvalue weighted by molar-refractivity contribution is -0.116. The van der Waals surface area contributed by atoms with E-state index in [0.717, 1.165) is 6.07 Å². The Morgan fingerprint density at radius 2 is 1.89 bits per heavy atom. The Labute approximate surface area is 110 Å². The van der Waals surface area contributed by atoms with Gasteiger partial charge in [-0.2, -0.15) is 0 Å². The molecule has 1 rings (SSSR count). The molecule has 6 N–H and O–H groups in total. The Morgan fingerprint density at radius 3 is 2.32 bits per heavy atom. The Bertz CT molecular complexity index is 517. The van der Waals surface area contributed by atoms with Crippen molar-refractivity contribution in [1.82, 2.24) is 0 Å². The number of rotatable bonds is 5. The molecule has 0 unspecified atom stereocenters. The van der Waals surface area contributed by atoms with E-state index in [0.29, 0.717) is 0 Å². The summed E-state index contributed by atoms with van der Waals surface area (Å²) in [5.74, 6) is -2.01. The van der Waals surface area contributed by atoms with Crippen LogP contribution in [0.15, 0.2) is 12.1 Å². The van der Waals surface area contributed by atoms with Gasteiger partial charge in [-0.1, -0.05) is 0 Å². The predicted molar refractivity (Wildman–Crippen MR) is 71.0 cm³/mol. The third-order valence-electron chi connectivity index (χ3n) is 2.64. The molecule has 0 aromatic heterocycles. The average molecular weight is 268 g/mol. The number of anilines is 2. The topological polar surface area (TPSA) is 115 Å². The second kappa shape index (κ2) is 5.55. The molecular formula is C12H17FN4O2. The van der Waals surface area contributed by atoms with Crippen LogP contribution in [0.4, 0.5) is 15.8 Å². The van der Waals surface area contributed by atoms with E-state index >= 15 is 0 Å². The van der Waals surface area contributed by atoms with E-state index in [9.17, 15) is 14.0 Å². The lowest BCUT2D eigenvalue weighted by atomic mass is 10.1. The Balaban J connectivity index is 3.33. The van der Waals surface area contributed by atoms with E-state index in [-0.39, 0.29) is 29.5 Å². The molecule has 6 nitrogen and oxygen atoms in total. The quantitative estimate of drug-likeness (QED) is 0.662. The van der Waals surface area contributed by atoms with Crippen LogP contribution in [0, 0.1) is 5.82 Å². The van der Waals surface area contributed by atoms with Crippen molar-refractivity contribution in [2.75, 3.05) is 17.2 Å². The first kappa shape index (κ1) is 14.7. The van der Waals surface area contributed by atoms with Crippen LogP contribution in [0.3, 0.4) is 0 Å². The van der Waals surface area contributed by atoms with Gasteiger partial charge in [-0.25, -0.2) is 4.39 Å². The minimum absolute atomic E-state index is 0.00604. The molecule has 0 radical (unpaired) electrons. The van der Waals surface area contributed by atoms with Crippen LogP contribution in [0.5, 0.6) is 0 Å². The molecule has 104 valence electrons. The number of amides is 2. The van der Waals surface area contributed by atoms with Gasteiger partial charge in [0.1, 0.15) is 5.82 Å². The number of benzene rings is 1. The SMILES string of the molecule is CC(C)N(CC(N)=O)c1cc(C(N)=O)c(N)cc1F. The fourth-order valence-electron chi connectivity index (χ4n) is 1.72. The van der Waals surface area contributed by atoms with Gasteiger partial charge in [0, 0.05) is 11.7 Å². The number of primary amides is 2. The van der Waals surface area contributed by atoms with Crippen molar-refractivity contribution in [3.63, 3.8) is 0 Å². The van der Waals surface area contributed by atoms with Gasteiger partial charge in [0.05, 0.1) is 17.8 Å². The number of carbonyl (C=O) groups is 2. The van der Waals surface area contributed by atoms with Crippen molar-refractivity contribution < 1.29 is 14.0 Å². The molecule has 0 fully saturated rings. The number of hydrogen-bond acceptors (Lipinski definition) is 4. The summed E-state index contributed by atoms with van der Waals surface area (Å²) in [6.07, 6.45) is 0. The van der Waals surface area contributed by atoms with E-state index in [1.54, 1.807) is 13.8 Å². The van der Waals surface area contributed by atoms with Gasteiger partial charge in [0.25, 0.3) is 5.91 Å². The highest BCUT2D eigenvalue weighted by atomic mass is 19.1. The summed E-state index contributed by atoms with van der Waals surface area (Å²) >= 11 is 0. The lowest BCUT2D eigenvalue weighted by Gasteiger charge is -2.28. The van der Waals surface area contributed by atoms with Crippen molar-refractivity contribution in [1.29, 1.82) is 0 Å². The Morgan fingerprint density at radius 1 is 1.32 bits per heavy atom. The van der Waals surface area contributed by atoms with Crippen molar-refractivity contribution in [3.8, 4) is 0 Å². The molecule has 0 spiro atoms. The first-order valence-electron chi connectivity index (χ1n) is 5.67. The molecule has 0 saturated carbocycles. The Kier molecular flexibility index (Phi) is 4.31. The standard InChI is InChI=1S/C12H17FN4O2/c1-6(2)17(5-11(15)18)10-3-7(12(16)19)9(14)4-8(10)13/h3-4,6H,5,14H2,1-2H3,(H2,15,18)(H2,16,19). The lowest BCUT2D eigenvalue weighted by Crippen LogP contribution is -2.39. The van der Waals surface area contributed by atoms with Gasteiger partial charge in [-0.3, -0.25) is 9.59 Å². The zero-order valence-electron chi connectivity index (χ0n) is 10.8. The molecular weight excluding hydrogens is 251 g/mol. The van der Waals surface area contributed by atoms with Crippen LogP contribution in [-0.2, 0) is 4.79 Å². The van der Waals surface area contributed by atoms with E-state index in [1.807, 2.05) is 0 Å². The van der Waals surface area contributed by atoms with Gasteiger partial charge in [-0.15, -0.1) is 0 Å². The summed E-state index contributed by atoms with van der Waals surface area (Å²) in [5, 5.41) is 0. The monoisotopic (exact) mass is 268 g/mol. The van der Waals surface area contributed by atoms with Gasteiger partial charge in [0.15, 0.2) is 0 Å². The first-order chi connectivity index (χ1) is 8.73. The molecule has 0 bridgehead atoms. The normalized spacial score (nSPS) is 10.5. The Hall–Kier alpha value is -2.31. The van der Waals surface area contributed by atoms with Crippen LogP contribution >= 0.6 is 0 Å². The molecule has 0 saturated heterocycles. The van der Waals surface area contributed by atoms with Crippen LogP contribution in [-0.4, -0.2) is 24.4 Å². The van der Waals surface area contributed by atoms with Crippen LogP contribution < -0.4 is 22.1 Å². The van der Waals surface area contributed by atoms with Crippen molar-refractivity contribution >= 4 is 23.2 Å². The molecule has 0 atom stereocenters. The summed E-state index contributed by atoms with van der Waals surface area (Å²) in [7, 11) is 0. The van der Waals surface area contributed by atoms with Crippen molar-refractivity contribution in [3.05, 3.63) is 23.5 Å². The summed E-state index contributed by atoms with van der Waals surface area (Å²) < 4.78 is 13.9. The van der Waals surface area contributed by atoms with Crippen LogP contribution in [0.1, 0.15) is 24.2 Å². The number of nitrogens with two attached hydrogens (primary N) is 3. The summed E-state index contributed by atoms with van der Waals surface area (Å²) in [4.78, 5) is 23.7. The molecule has 1 aromatic carbocycles. The maximum atomic E-state index is 13.9. The second-order valence-electron chi connectivity index (χ2n) is 4.44. The maximum Gasteiger partial charge on any atom is 0.250 e. The molecule has 7 heteroatoms. The van der Waals surface area contributed by atoms with Gasteiger partial charge >= 0.3 is 0 Å². The molecule has 2 amide bonds. The van der Waals surface area contributed by atoms with E-state index in [1.165, 1.54) is 11.0 Å². The molecule has 0 aliphatic heterocycles. The second-order valence-corrected chi connectivity index (χ2v) is 4.44. The third kappa shape index (κ3) is 3.34. The number of carbonyl (C=O) groups excluding carboxylic acids is 2. The van der Waals surface area contributed by atoms with Gasteiger partial charge in [-0.05, 0) is 26.0 Å². The number of nitrogen functional groups attached to an aromatic ring is 1. The molecule has 1 aromatic rings. The third-order valence-corrected chi connectivity index (χ3v) is 2.64. The highest BCUT2D eigenvalue weighted by molar-refractivity contribution is 5.99. The van der Waals surface area contributed by atoms with E-state index in [4.69, 9.17) is 17.2 Å². The number of halogens is 1. The maximum absolute atomic E-state index is 13.9. The van der Waals surface area contributed by atoms with Crippen molar-refractivity contribution in [2.45, 2.75) is 19.9 Å². The van der Waals surface area contributed by atoms with E-state index < -0.39 is 17.6 Å². The minimum Gasteiger partial charge on any atom is -0.398 e. The summed E-state index contributed by atoms with van der Waals surface area (Å²) in [6.45, 7) is 3.36. The van der Waals surface area contributed by atoms with Crippen LogP contribution in [0.2, 0.25) is 0 Å². The average Bonchev–Trinajstić information content (AvgIpc) is 2.25. The fourth-order valence-corrected chi connectivity index (χ4v) is 1.72. The number of nitrogens with zero attached hydrogens (tertiary/aromatic N) is 1. The highest BCUT2D eigenvalue weighted by Crippen LogP contribution is 2.26. The smallest absolute Gasteiger partial charge is 0.250 e. The zero-order valence-corrected chi connectivity index (χ0v) is 10.8. The largest absolute Gasteiger partial charge is 0.398 e. The molecule has 0 aliphatic carbocycles.